The van der Waals surface area contributed by atoms with Crippen LogP contribution in [0.1, 0.15) is 64.7 Å². The molecular formula is C15H28N2O. The highest BCUT2D eigenvalue weighted by atomic mass is 16.1. The molecule has 0 spiro atoms. The van der Waals surface area contributed by atoms with Crippen LogP contribution in [-0.4, -0.2) is 36.0 Å². The number of nitrogens with zero attached hydrogens (tertiary/aromatic N) is 1. The molecule has 2 aliphatic rings. The van der Waals surface area contributed by atoms with E-state index in [0.717, 1.165) is 31.7 Å². The summed E-state index contributed by atoms with van der Waals surface area (Å²) in [6.45, 7) is 4.50. The van der Waals surface area contributed by atoms with Gasteiger partial charge in [-0.05, 0) is 32.1 Å². The lowest BCUT2D eigenvalue weighted by molar-refractivity contribution is -0.122. The molecule has 1 heterocycles. The summed E-state index contributed by atoms with van der Waals surface area (Å²) in [5.74, 6) is 0.260. The SMILES string of the molecule is CCCCC(=O)NC1CCN(C2CCCC2)CC1. The molecule has 1 aliphatic carbocycles. The predicted octanol–water partition coefficient (Wildman–Crippen LogP) is 2.70. The van der Waals surface area contributed by atoms with Gasteiger partial charge in [-0.15, -0.1) is 0 Å². The number of amides is 1. The van der Waals surface area contributed by atoms with Crippen LogP contribution in [0.5, 0.6) is 0 Å². The van der Waals surface area contributed by atoms with E-state index in [1.54, 1.807) is 0 Å². The number of rotatable bonds is 5. The standard InChI is InChI=1S/C15H28N2O/c1-2-3-8-15(18)16-13-9-11-17(12-10-13)14-6-4-5-7-14/h13-14H,2-12H2,1H3,(H,16,18). The first-order valence-corrected chi connectivity index (χ1v) is 7.83. The molecule has 1 saturated heterocycles. The van der Waals surface area contributed by atoms with Crippen LogP contribution < -0.4 is 5.32 Å². The summed E-state index contributed by atoms with van der Waals surface area (Å²) in [4.78, 5) is 14.3. The lowest BCUT2D eigenvalue weighted by atomic mass is 10.0. The fraction of sp³-hybridized carbons (Fsp3) is 0.933. The lowest BCUT2D eigenvalue weighted by Gasteiger charge is -2.36. The zero-order chi connectivity index (χ0) is 12.8. The van der Waals surface area contributed by atoms with Gasteiger partial charge in [0, 0.05) is 31.6 Å². The molecule has 1 saturated carbocycles. The van der Waals surface area contributed by atoms with Crippen LogP contribution in [0.3, 0.4) is 0 Å². The minimum atomic E-state index is 0.260. The predicted molar refractivity (Wildman–Crippen MR) is 74.5 cm³/mol. The van der Waals surface area contributed by atoms with Gasteiger partial charge in [0.05, 0.1) is 0 Å². The first-order valence-electron chi connectivity index (χ1n) is 7.83. The van der Waals surface area contributed by atoms with Crippen molar-refractivity contribution in [2.45, 2.75) is 76.8 Å². The van der Waals surface area contributed by atoms with Gasteiger partial charge in [0.1, 0.15) is 0 Å². The first-order chi connectivity index (χ1) is 8.79. The Morgan fingerprint density at radius 3 is 2.44 bits per heavy atom. The molecule has 0 aromatic carbocycles. The van der Waals surface area contributed by atoms with Crippen molar-refractivity contribution in [1.29, 1.82) is 0 Å². The van der Waals surface area contributed by atoms with Crippen molar-refractivity contribution in [3.63, 3.8) is 0 Å². The molecule has 0 atom stereocenters. The van der Waals surface area contributed by atoms with Gasteiger partial charge in [-0.25, -0.2) is 0 Å². The second-order valence-electron chi connectivity index (χ2n) is 5.92. The third-order valence-corrected chi connectivity index (χ3v) is 4.49. The maximum atomic E-state index is 11.7. The highest BCUT2D eigenvalue weighted by Crippen LogP contribution is 2.26. The Morgan fingerprint density at radius 1 is 1.17 bits per heavy atom. The molecule has 3 heteroatoms. The minimum Gasteiger partial charge on any atom is -0.353 e. The van der Waals surface area contributed by atoms with E-state index in [9.17, 15) is 4.79 Å². The Kier molecular flexibility index (Phi) is 5.48. The summed E-state index contributed by atoms with van der Waals surface area (Å²) >= 11 is 0. The van der Waals surface area contributed by atoms with Gasteiger partial charge in [0.15, 0.2) is 0 Å². The molecule has 18 heavy (non-hydrogen) atoms. The maximum absolute atomic E-state index is 11.7. The van der Waals surface area contributed by atoms with Crippen LogP contribution >= 0.6 is 0 Å². The summed E-state index contributed by atoms with van der Waals surface area (Å²) in [6.07, 6.45) is 10.8. The van der Waals surface area contributed by atoms with Gasteiger partial charge in [0.2, 0.25) is 5.91 Å². The van der Waals surface area contributed by atoms with Crippen molar-refractivity contribution in [2.75, 3.05) is 13.1 Å². The van der Waals surface area contributed by atoms with Crippen LogP contribution in [0.4, 0.5) is 0 Å². The average molecular weight is 252 g/mol. The second kappa shape index (κ2) is 7.13. The third kappa shape index (κ3) is 3.98. The van der Waals surface area contributed by atoms with Gasteiger partial charge >= 0.3 is 0 Å². The largest absolute Gasteiger partial charge is 0.353 e. The Bertz CT molecular complexity index is 253. The fourth-order valence-electron chi connectivity index (χ4n) is 3.32. The van der Waals surface area contributed by atoms with Gasteiger partial charge in [0.25, 0.3) is 0 Å². The van der Waals surface area contributed by atoms with Crippen molar-refractivity contribution in [2.24, 2.45) is 0 Å². The molecule has 2 fully saturated rings. The van der Waals surface area contributed by atoms with Crippen LogP contribution in [0, 0.1) is 0 Å². The summed E-state index contributed by atoms with van der Waals surface area (Å²) < 4.78 is 0. The van der Waals surface area contributed by atoms with Gasteiger partial charge in [-0.2, -0.15) is 0 Å². The molecule has 0 unspecified atom stereocenters. The zero-order valence-corrected chi connectivity index (χ0v) is 11.8. The number of hydrogen-bond acceptors (Lipinski definition) is 2. The molecule has 3 nitrogen and oxygen atoms in total. The van der Waals surface area contributed by atoms with E-state index in [1.165, 1.54) is 38.8 Å². The molecule has 0 aromatic rings. The van der Waals surface area contributed by atoms with E-state index >= 15 is 0 Å². The Hall–Kier alpha value is -0.570. The quantitative estimate of drug-likeness (QED) is 0.816. The Balaban J connectivity index is 1.65. The highest BCUT2D eigenvalue weighted by Gasteiger charge is 2.27. The Labute approximate surface area is 111 Å². The average Bonchev–Trinajstić information content (AvgIpc) is 2.91. The molecule has 1 amide bonds. The monoisotopic (exact) mass is 252 g/mol. The third-order valence-electron chi connectivity index (χ3n) is 4.49. The summed E-state index contributed by atoms with van der Waals surface area (Å²) in [7, 11) is 0. The van der Waals surface area contributed by atoms with E-state index in [0.29, 0.717) is 12.5 Å². The fourth-order valence-corrected chi connectivity index (χ4v) is 3.32. The van der Waals surface area contributed by atoms with Crippen LogP contribution in [0.15, 0.2) is 0 Å². The molecule has 0 radical (unpaired) electrons. The van der Waals surface area contributed by atoms with Crippen LogP contribution in [0.2, 0.25) is 0 Å². The van der Waals surface area contributed by atoms with Crippen LogP contribution in [-0.2, 0) is 4.79 Å². The molecule has 1 aliphatic heterocycles. The number of carbonyl (C=O) groups excluding carboxylic acids is 1. The van der Waals surface area contributed by atoms with Crippen LogP contribution in [0.25, 0.3) is 0 Å². The number of hydrogen-bond donors (Lipinski definition) is 1. The summed E-state index contributed by atoms with van der Waals surface area (Å²) in [5.41, 5.74) is 0. The maximum Gasteiger partial charge on any atom is 0.220 e. The van der Waals surface area contributed by atoms with Crippen molar-refractivity contribution >= 4 is 5.91 Å². The zero-order valence-electron chi connectivity index (χ0n) is 11.8. The number of unbranched alkanes of at least 4 members (excludes halogenated alkanes) is 1. The van der Waals surface area contributed by atoms with E-state index < -0.39 is 0 Å². The summed E-state index contributed by atoms with van der Waals surface area (Å²) in [5, 5.41) is 3.20. The topological polar surface area (TPSA) is 32.3 Å². The highest BCUT2D eigenvalue weighted by molar-refractivity contribution is 5.76. The van der Waals surface area contributed by atoms with E-state index in [2.05, 4.69) is 17.1 Å². The molecule has 0 bridgehead atoms. The van der Waals surface area contributed by atoms with E-state index in [4.69, 9.17) is 0 Å². The molecular weight excluding hydrogens is 224 g/mol. The minimum absolute atomic E-state index is 0.260. The van der Waals surface area contributed by atoms with Gasteiger partial charge < -0.3 is 10.2 Å². The smallest absolute Gasteiger partial charge is 0.220 e. The Morgan fingerprint density at radius 2 is 1.83 bits per heavy atom. The second-order valence-corrected chi connectivity index (χ2v) is 5.92. The van der Waals surface area contributed by atoms with Gasteiger partial charge in [-0.1, -0.05) is 26.2 Å². The number of nitrogens with one attached hydrogen (secondary N) is 1. The summed E-state index contributed by atoms with van der Waals surface area (Å²) in [6, 6.07) is 1.29. The normalized spacial score (nSPS) is 23.4. The van der Waals surface area contributed by atoms with Crippen molar-refractivity contribution in [1.82, 2.24) is 10.2 Å². The van der Waals surface area contributed by atoms with E-state index in [-0.39, 0.29) is 5.91 Å². The lowest BCUT2D eigenvalue weighted by Crippen LogP contribution is -2.47. The first kappa shape index (κ1) is 13.9. The van der Waals surface area contributed by atoms with E-state index in [1.807, 2.05) is 0 Å². The van der Waals surface area contributed by atoms with Crippen molar-refractivity contribution < 1.29 is 4.79 Å². The number of piperidine rings is 1. The molecule has 1 N–H and O–H groups in total. The van der Waals surface area contributed by atoms with Crippen molar-refractivity contribution in [3.05, 3.63) is 0 Å². The van der Waals surface area contributed by atoms with Crippen molar-refractivity contribution in [3.8, 4) is 0 Å². The molecule has 2 rings (SSSR count). The number of carbonyl (C=O) groups is 1. The molecule has 104 valence electrons. The van der Waals surface area contributed by atoms with Gasteiger partial charge in [-0.3, -0.25) is 4.79 Å². The molecule has 0 aromatic heterocycles. The number of likely N-dealkylation sites (tertiary alicyclic amines) is 1.